The number of hydrogen-bond donors (Lipinski definition) is 1. The van der Waals surface area contributed by atoms with Crippen LogP contribution in [0.1, 0.15) is 22.1 Å². The molecule has 2 aromatic rings. The highest BCUT2D eigenvalue weighted by atomic mass is 16.5. The monoisotopic (exact) mass is 358 g/mol. The van der Waals surface area contributed by atoms with Gasteiger partial charge in [-0.15, -0.1) is 5.10 Å². The van der Waals surface area contributed by atoms with Crippen molar-refractivity contribution in [2.75, 3.05) is 44.3 Å². The van der Waals surface area contributed by atoms with Gasteiger partial charge < -0.3 is 19.6 Å². The summed E-state index contributed by atoms with van der Waals surface area (Å²) in [6.45, 7) is 5.37. The van der Waals surface area contributed by atoms with Crippen LogP contribution in [-0.4, -0.2) is 81.4 Å². The lowest BCUT2D eigenvalue weighted by molar-refractivity contribution is 0.0740. The summed E-state index contributed by atoms with van der Waals surface area (Å²) in [5.74, 6) is 0.805. The number of aryl methyl sites for hydroxylation is 1. The molecule has 1 N–H and O–H groups in total. The van der Waals surface area contributed by atoms with Crippen molar-refractivity contribution < 1.29 is 14.6 Å². The van der Waals surface area contributed by atoms with Crippen LogP contribution < -0.4 is 4.90 Å². The quantitative estimate of drug-likeness (QED) is 0.817. The van der Waals surface area contributed by atoms with E-state index >= 15 is 0 Å². The maximum atomic E-state index is 12.7. The van der Waals surface area contributed by atoms with Crippen LogP contribution in [0.4, 0.5) is 5.82 Å². The number of aromatic nitrogens is 4. The first-order valence-electron chi connectivity index (χ1n) is 8.76. The molecule has 2 aromatic heterocycles. The summed E-state index contributed by atoms with van der Waals surface area (Å²) in [7, 11) is 0. The van der Waals surface area contributed by atoms with Crippen molar-refractivity contribution in [2.45, 2.75) is 19.1 Å². The predicted octanol–water partition coefficient (Wildman–Crippen LogP) is -0.124. The number of anilines is 1. The smallest absolute Gasteiger partial charge is 0.276 e. The van der Waals surface area contributed by atoms with Crippen LogP contribution in [0, 0.1) is 6.92 Å². The van der Waals surface area contributed by atoms with Gasteiger partial charge in [0.15, 0.2) is 5.69 Å². The van der Waals surface area contributed by atoms with Gasteiger partial charge in [-0.2, -0.15) is 0 Å². The first-order valence-corrected chi connectivity index (χ1v) is 8.76. The molecule has 138 valence electrons. The summed E-state index contributed by atoms with van der Waals surface area (Å²) in [6.07, 6.45) is 2.78. The minimum atomic E-state index is -0.620. The number of ether oxygens (including phenoxy) is 1. The van der Waals surface area contributed by atoms with Gasteiger partial charge in [0.05, 0.1) is 19.4 Å². The first-order chi connectivity index (χ1) is 12.6. The minimum Gasteiger partial charge on any atom is -0.388 e. The topological polar surface area (TPSA) is 96.6 Å². The Morgan fingerprint density at radius 3 is 2.77 bits per heavy atom. The number of pyridine rings is 1. The third-order valence-corrected chi connectivity index (χ3v) is 4.88. The van der Waals surface area contributed by atoms with Gasteiger partial charge in [-0.05, 0) is 24.6 Å². The lowest BCUT2D eigenvalue weighted by atomic mass is 10.2. The van der Waals surface area contributed by atoms with Crippen LogP contribution in [0.2, 0.25) is 0 Å². The van der Waals surface area contributed by atoms with Crippen molar-refractivity contribution in [3.05, 3.63) is 35.8 Å². The highest BCUT2D eigenvalue weighted by Crippen LogP contribution is 2.19. The molecule has 0 radical (unpaired) electrons. The van der Waals surface area contributed by atoms with Crippen LogP contribution in [0.5, 0.6) is 0 Å². The molecule has 0 aromatic carbocycles. The van der Waals surface area contributed by atoms with Crippen LogP contribution in [0.15, 0.2) is 24.5 Å². The Morgan fingerprint density at radius 2 is 2.08 bits per heavy atom. The summed E-state index contributed by atoms with van der Waals surface area (Å²) in [5.41, 5.74) is 1.47. The van der Waals surface area contributed by atoms with Gasteiger partial charge in [-0.25, -0.2) is 9.67 Å². The summed E-state index contributed by atoms with van der Waals surface area (Å²) in [6, 6.07) is 3.74. The Bertz CT molecular complexity index is 786. The molecule has 9 nitrogen and oxygen atoms in total. The van der Waals surface area contributed by atoms with Crippen LogP contribution in [-0.2, 0) is 4.74 Å². The van der Waals surface area contributed by atoms with E-state index in [4.69, 9.17) is 4.74 Å². The van der Waals surface area contributed by atoms with E-state index in [1.54, 1.807) is 11.1 Å². The zero-order chi connectivity index (χ0) is 18.1. The van der Waals surface area contributed by atoms with Gasteiger partial charge in [-0.3, -0.25) is 4.79 Å². The highest BCUT2D eigenvalue weighted by Gasteiger charge is 2.30. The van der Waals surface area contributed by atoms with Gasteiger partial charge in [0, 0.05) is 32.4 Å². The Morgan fingerprint density at radius 1 is 1.27 bits per heavy atom. The summed E-state index contributed by atoms with van der Waals surface area (Å²) < 4.78 is 6.75. The van der Waals surface area contributed by atoms with Crippen molar-refractivity contribution in [2.24, 2.45) is 0 Å². The molecule has 26 heavy (non-hydrogen) atoms. The van der Waals surface area contributed by atoms with E-state index in [1.165, 1.54) is 10.2 Å². The van der Waals surface area contributed by atoms with Crippen LogP contribution in [0.3, 0.4) is 0 Å². The van der Waals surface area contributed by atoms with E-state index in [-0.39, 0.29) is 18.6 Å². The van der Waals surface area contributed by atoms with Crippen molar-refractivity contribution >= 4 is 11.7 Å². The van der Waals surface area contributed by atoms with Crippen molar-refractivity contribution in [1.82, 2.24) is 24.9 Å². The molecule has 2 saturated heterocycles. The van der Waals surface area contributed by atoms with Gasteiger partial charge >= 0.3 is 0 Å². The van der Waals surface area contributed by atoms with Gasteiger partial charge in [-0.1, -0.05) is 5.21 Å². The normalized spacial score (nSPS) is 23.5. The number of aliphatic hydroxyl groups is 1. The van der Waals surface area contributed by atoms with Crippen molar-refractivity contribution in [3.8, 4) is 0 Å². The average Bonchev–Trinajstić information content (AvgIpc) is 3.30. The lowest BCUT2D eigenvalue weighted by Crippen LogP contribution is -2.49. The maximum Gasteiger partial charge on any atom is 0.276 e. The molecule has 4 heterocycles. The molecule has 0 spiro atoms. The lowest BCUT2D eigenvalue weighted by Gasteiger charge is -2.35. The molecule has 2 aliphatic heterocycles. The van der Waals surface area contributed by atoms with Gasteiger partial charge in [0.1, 0.15) is 18.0 Å². The predicted molar refractivity (Wildman–Crippen MR) is 93.0 cm³/mol. The maximum absolute atomic E-state index is 12.7. The van der Waals surface area contributed by atoms with Crippen LogP contribution >= 0.6 is 0 Å². The number of hydrogen-bond acceptors (Lipinski definition) is 7. The summed E-state index contributed by atoms with van der Waals surface area (Å²) >= 11 is 0. The highest BCUT2D eigenvalue weighted by molar-refractivity contribution is 5.92. The molecule has 9 heteroatoms. The first kappa shape index (κ1) is 16.9. The van der Waals surface area contributed by atoms with Gasteiger partial charge in [0.2, 0.25) is 0 Å². The van der Waals surface area contributed by atoms with Crippen LogP contribution in [0.25, 0.3) is 0 Å². The molecular formula is C17H22N6O3. The van der Waals surface area contributed by atoms with Crippen molar-refractivity contribution in [1.29, 1.82) is 0 Å². The molecule has 0 saturated carbocycles. The molecule has 0 aliphatic carbocycles. The SMILES string of the molecule is Cc1ccnc(N2CCN(C(=O)c3cn([C@@H]4COC[C@H]4O)nn3)CC2)c1. The fourth-order valence-electron chi connectivity index (χ4n) is 3.31. The molecule has 2 aliphatic rings. The molecule has 2 fully saturated rings. The third kappa shape index (κ3) is 3.27. The van der Waals surface area contributed by atoms with Gasteiger partial charge in [0.25, 0.3) is 5.91 Å². The number of piperazine rings is 1. The summed E-state index contributed by atoms with van der Waals surface area (Å²) in [4.78, 5) is 21.1. The molecule has 0 bridgehead atoms. The Labute approximate surface area is 151 Å². The van der Waals surface area contributed by atoms with Crippen molar-refractivity contribution in [3.63, 3.8) is 0 Å². The second-order valence-electron chi connectivity index (χ2n) is 6.73. The number of nitrogens with zero attached hydrogens (tertiary/aromatic N) is 6. The van der Waals surface area contributed by atoms with E-state index < -0.39 is 6.10 Å². The number of carbonyl (C=O) groups is 1. The molecule has 1 amide bonds. The second-order valence-corrected chi connectivity index (χ2v) is 6.73. The number of aliphatic hydroxyl groups excluding tert-OH is 1. The van der Waals surface area contributed by atoms with E-state index in [0.29, 0.717) is 25.4 Å². The molecule has 4 rings (SSSR count). The van der Waals surface area contributed by atoms with E-state index in [2.05, 4.69) is 26.3 Å². The second kappa shape index (κ2) is 7.00. The van der Waals surface area contributed by atoms with E-state index in [0.717, 1.165) is 18.9 Å². The molecular weight excluding hydrogens is 336 g/mol. The largest absolute Gasteiger partial charge is 0.388 e. The molecule has 2 atom stereocenters. The Kier molecular flexibility index (Phi) is 4.56. The Balaban J connectivity index is 1.38. The fourth-order valence-corrected chi connectivity index (χ4v) is 3.31. The number of rotatable bonds is 3. The molecule has 0 unspecified atom stereocenters. The minimum absolute atomic E-state index is 0.137. The number of amides is 1. The Hall–Kier alpha value is -2.52. The number of carbonyl (C=O) groups excluding carboxylic acids is 1. The standard InChI is InChI=1S/C17H22N6O3/c1-12-2-3-18-16(8-12)21-4-6-22(7-5-21)17(25)13-9-23(20-19-13)14-10-26-11-15(14)24/h2-3,8-9,14-15,24H,4-7,10-11H2,1H3/t14-,15-/m1/s1. The third-order valence-electron chi connectivity index (χ3n) is 4.88. The van der Waals surface area contributed by atoms with E-state index in [9.17, 15) is 9.90 Å². The average molecular weight is 358 g/mol. The zero-order valence-corrected chi connectivity index (χ0v) is 14.7. The van der Waals surface area contributed by atoms with E-state index in [1.807, 2.05) is 19.2 Å². The fraction of sp³-hybridized carbons (Fsp3) is 0.529. The zero-order valence-electron chi connectivity index (χ0n) is 14.7. The summed E-state index contributed by atoms with van der Waals surface area (Å²) in [5, 5.41) is 17.9.